The third kappa shape index (κ3) is 3.13. The van der Waals surface area contributed by atoms with Gasteiger partial charge in [0.05, 0.1) is 7.11 Å². The van der Waals surface area contributed by atoms with Crippen LogP contribution in [0.1, 0.15) is 11.5 Å². The standard InChI is InChI=1S/C16H17N3O4S/c1-10-8-14(18-17-10)15-9-16(11(2)23-15)24(20,21)19-12-4-6-13(22-3)7-5-12/h4-9,19H,1-3H3,(H,17,18). The second kappa shape index (κ2) is 6.04. The highest BCUT2D eigenvalue weighted by Gasteiger charge is 2.23. The zero-order valence-corrected chi connectivity index (χ0v) is 14.3. The van der Waals surface area contributed by atoms with Gasteiger partial charge in [0.15, 0.2) is 5.76 Å². The topological polar surface area (TPSA) is 97.2 Å². The van der Waals surface area contributed by atoms with E-state index in [0.29, 0.717) is 28.7 Å². The van der Waals surface area contributed by atoms with Gasteiger partial charge in [0, 0.05) is 17.4 Å². The molecular formula is C16H17N3O4S. The highest BCUT2D eigenvalue weighted by Crippen LogP contribution is 2.29. The van der Waals surface area contributed by atoms with Gasteiger partial charge in [-0.1, -0.05) is 0 Å². The summed E-state index contributed by atoms with van der Waals surface area (Å²) >= 11 is 0. The number of anilines is 1. The SMILES string of the molecule is COc1ccc(NS(=O)(=O)c2cc(-c3cc(C)[nH]n3)oc2C)cc1. The van der Waals surface area contributed by atoms with E-state index >= 15 is 0 Å². The van der Waals surface area contributed by atoms with Crippen LogP contribution in [0.4, 0.5) is 5.69 Å². The molecule has 126 valence electrons. The summed E-state index contributed by atoms with van der Waals surface area (Å²) in [5.74, 6) is 1.34. The second-order valence-electron chi connectivity index (χ2n) is 5.30. The Morgan fingerprint density at radius 2 is 1.88 bits per heavy atom. The van der Waals surface area contributed by atoms with Crippen LogP contribution in [0.15, 0.2) is 45.7 Å². The molecule has 8 heteroatoms. The molecule has 0 fully saturated rings. The molecule has 3 aromatic rings. The Morgan fingerprint density at radius 3 is 2.46 bits per heavy atom. The summed E-state index contributed by atoms with van der Waals surface area (Å²) < 4.78 is 38.3. The van der Waals surface area contributed by atoms with Crippen LogP contribution >= 0.6 is 0 Å². The van der Waals surface area contributed by atoms with Gasteiger partial charge in [-0.3, -0.25) is 9.82 Å². The summed E-state index contributed by atoms with van der Waals surface area (Å²) in [4.78, 5) is 0.0778. The van der Waals surface area contributed by atoms with Crippen molar-refractivity contribution in [1.29, 1.82) is 0 Å². The molecule has 0 aliphatic heterocycles. The molecule has 0 saturated heterocycles. The summed E-state index contributed by atoms with van der Waals surface area (Å²) in [6, 6.07) is 9.87. The van der Waals surface area contributed by atoms with Gasteiger partial charge in [-0.25, -0.2) is 8.42 Å². The molecule has 3 rings (SSSR count). The highest BCUT2D eigenvalue weighted by atomic mass is 32.2. The lowest BCUT2D eigenvalue weighted by molar-refractivity contribution is 0.415. The second-order valence-corrected chi connectivity index (χ2v) is 6.95. The lowest BCUT2D eigenvalue weighted by Crippen LogP contribution is -2.13. The highest BCUT2D eigenvalue weighted by molar-refractivity contribution is 7.92. The smallest absolute Gasteiger partial charge is 0.265 e. The third-order valence-electron chi connectivity index (χ3n) is 3.46. The predicted octanol–water partition coefficient (Wildman–Crippen LogP) is 3.10. The van der Waals surface area contributed by atoms with Crippen molar-refractivity contribution in [3.8, 4) is 17.2 Å². The van der Waals surface area contributed by atoms with Crippen molar-refractivity contribution < 1.29 is 17.6 Å². The quantitative estimate of drug-likeness (QED) is 0.739. The van der Waals surface area contributed by atoms with Crippen LogP contribution in [-0.2, 0) is 10.0 Å². The third-order valence-corrected chi connectivity index (χ3v) is 4.95. The number of aromatic nitrogens is 2. The Morgan fingerprint density at radius 1 is 1.17 bits per heavy atom. The Hall–Kier alpha value is -2.74. The maximum atomic E-state index is 12.6. The number of sulfonamides is 1. The first kappa shape index (κ1) is 16.1. The van der Waals surface area contributed by atoms with Crippen molar-refractivity contribution in [2.75, 3.05) is 11.8 Å². The summed E-state index contributed by atoms with van der Waals surface area (Å²) in [5.41, 5.74) is 1.86. The van der Waals surface area contributed by atoms with Crippen LogP contribution in [-0.4, -0.2) is 25.7 Å². The van der Waals surface area contributed by atoms with Crippen molar-refractivity contribution in [2.45, 2.75) is 18.7 Å². The van der Waals surface area contributed by atoms with Gasteiger partial charge in [-0.2, -0.15) is 5.10 Å². The van der Waals surface area contributed by atoms with Crippen molar-refractivity contribution >= 4 is 15.7 Å². The van der Waals surface area contributed by atoms with Crippen LogP contribution in [0.5, 0.6) is 5.75 Å². The van der Waals surface area contributed by atoms with Gasteiger partial charge in [-0.05, 0) is 44.2 Å². The van der Waals surface area contributed by atoms with E-state index in [1.807, 2.05) is 6.92 Å². The molecule has 0 unspecified atom stereocenters. The number of methoxy groups -OCH3 is 1. The Labute approximate surface area is 139 Å². The fraction of sp³-hybridized carbons (Fsp3) is 0.188. The van der Waals surface area contributed by atoms with Gasteiger partial charge < -0.3 is 9.15 Å². The van der Waals surface area contributed by atoms with E-state index in [1.54, 1.807) is 44.4 Å². The van der Waals surface area contributed by atoms with E-state index in [9.17, 15) is 8.42 Å². The van der Waals surface area contributed by atoms with E-state index in [4.69, 9.17) is 9.15 Å². The average molecular weight is 347 g/mol. The molecule has 0 aliphatic carbocycles. The molecule has 0 amide bonds. The molecule has 24 heavy (non-hydrogen) atoms. The van der Waals surface area contributed by atoms with Crippen LogP contribution in [0.2, 0.25) is 0 Å². The lowest BCUT2D eigenvalue weighted by atomic mass is 10.3. The van der Waals surface area contributed by atoms with Gasteiger partial charge in [-0.15, -0.1) is 0 Å². The average Bonchev–Trinajstić information content (AvgIpc) is 3.14. The number of aryl methyl sites for hydroxylation is 2. The Bertz CT molecular complexity index is 956. The lowest BCUT2D eigenvalue weighted by Gasteiger charge is -2.07. The van der Waals surface area contributed by atoms with E-state index in [-0.39, 0.29) is 4.90 Å². The van der Waals surface area contributed by atoms with Crippen LogP contribution in [0, 0.1) is 13.8 Å². The van der Waals surface area contributed by atoms with E-state index in [0.717, 1.165) is 5.69 Å². The number of nitrogens with one attached hydrogen (secondary N) is 2. The van der Waals surface area contributed by atoms with Gasteiger partial charge in [0.1, 0.15) is 22.1 Å². The zero-order valence-electron chi connectivity index (χ0n) is 13.5. The van der Waals surface area contributed by atoms with Gasteiger partial charge in [0.25, 0.3) is 10.0 Å². The zero-order chi connectivity index (χ0) is 17.3. The Kier molecular flexibility index (Phi) is 4.06. The first-order valence-corrected chi connectivity index (χ1v) is 8.67. The van der Waals surface area contributed by atoms with Gasteiger partial charge >= 0.3 is 0 Å². The molecule has 0 aliphatic rings. The number of furan rings is 1. The van der Waals surface area contributed by atoms with E-state index in [1.165, 1.54) is 6.07 Å². The number of hydrogen-bond donors (Lipinski definition) is 2. The van der Waals surface area contributed by atoms with Crippen molar-refractivity contribution in [3.63, 3.8) is 0 Å². The summed E-state index contributed by atoms with van der Waals surface area (Å²) in [7, 11) is -2.22. The normalized spacial score (nSPS) is 11.5. The minimum atomic E-state index is -3.77. The number of nitrogens with zero attached hydrogens (tertiary/aromatic N) is 1. The number of H-pyrrole nitrogens is 1. The fourth-order valence-electron chi connectivity index (χ4n) is 2.27. The molecule has 0 radical (unpaired) electrons. The predicted molar refractivity (Wildman–Crippen MR) is 89.6 cm³/mol. The molecule has 0 atom stereocenters. The van der Waals surface area contributed by atoms with Crippen LogP contribution < -0.4 is 9.46 Å². The molecule has 2 heterocycles. The summed E-state index contributed by atoms with van der Waals surface area (Å²) in [5, 5.41) is 6.88. The minimum Gasteiger partial charge on any atom is -0.497 e. The monoisotopic (exact) mass is 347 g/mol. The first-order valence-electron chi connectivity index (χ1n) is 7.19. The Balaban J connectivity index is 1.90. The molecule has 2 aromatic heterocycles. The number of benzene rings is 1. The largest absolute Gasteiger partial charge is 0.497 e. The molecule has 2 N–H and O–H groups in total. The maximum absolute atomic E-state index is 12.6. The summed E-state index contributed by atoms with van der Waals surface area (Å²) in [6.07, 6.45) is 0. The van der Waals surface area contributed by atoms with E-state index < -0.39 is 10.0 Å². The van der Waals surface area contributed by atoms with Crippen molar-refractivity contribution in [2.24, 2.45) is 0 Å². The molecule has 7 nitrogen and oxygen atoms in total. The number of aromatic amines is 1. The van der Waals surface area contributed by atoms with Crippen molar-refractivity contribution in [1.82, 2.24) is 10.2 Å². The number of rotatable bonds is 5. The fourth-order valence-corrected chi connectivity index (χ4v) is 3.51. The molecule has 0 spiro atoms. The first-order chi connectivity index (χ1) is 11.4. The molecule has 0 bridgehead atoms. The van der Waals surface area contributed by atoms with E-state index in [2.05, 4.69) is 14.9 Å². The van der Waals surface area contributed by atoms with Crippen molar-refractivity contribution in [3.05, 3.63) is 47.9 Å². The van der Waals surface area contributed by atoms with Crippen LogP contribution in [0.3, 0.4) is 0 Å². The molecule has 0 saturated carbocycles. The molecule has 1 aromatic carbocycles. The number of hydrogen-bond acceptors (Lipinski definition) is 5. The molecular weight excluding hydrogens is 330 g/mol. The maximum Gasteiger partial charge on any atom is 0.265 e. The van der Waals surface area contributed by atoms with Gasteiger partial charge in [0.2, 0.25) is 0 Å². The number of ether oxygens (including phenoxy) is 1. The minimum absolute atomic E-state index is 0.0778. The van der Waals surface area contributed by atoms with Crippen LogP contribution in [0.25, 0.3) is 11.5 Å². The summed E-state index contributed by atoms with van der Waals surface area (Å²) in [6.45, 7) is 3.46.